The van der Waals surface area contributed by atoms with Crippen molar-refractivity contribution in [2.24, 2.45) is 5.92 Å². The van der Waals surface area contributed by atoms with E-state index in [9.17, 15) is 0 Å². The van der Waals surface area contributed by atoms with Gasteiger partial charge in [-0.25, -0.2) is 0 Å². The van der Waals surface area contributed by atoms with Crippen LogP contribution in [0.2, 0.25) is 0 Å². The van der Waals surface area contributed by atoms with Crippen molar-refractivity contribution in [1.82, 2.24) is 15.5 Å². The van der Waals surface area contributed by atoms with Crippen molar-refractivity contribution < 1.29 is 4.74 Å². The summed E-state index contributed by atoms with van der Waals surface area (Å²) < 4.78 is 5.17. The van der Waals surface area contributed by atoms with Gasteiger partial charge in [0.2, 0.25) is 0 Å². The number of ether oxygens (including phenoxy) is 1. The third-order valence-corrected chi connectivity index (χ3v) is 4.67. The summed E-state index contributed by atoms with van der Waals surface area (Å²) in [6, 6.07) is 2.86. The lowest BCUT2D eigenvalue weighted by Gasteiger charge is -2.41. The molecule has 5 heteroatoms. The Labute approximate surface area is 119 Å². The minimum absolute atomic E-state index is 0.590. The van der Waals surface area contributed by atoms with Gasteiger partial charge in [-0.05, 0) is 37.3 Å². The zero-order valence-electron chi connectivity index (χ0n) is 11.8. The average Bonchev–Trinajstić information content (AvgIpc) is 2.39. The SMILES string of the molecule is c1c(N2CC(CNC3COC3)C2)nnc2c1CCCC2. The van der Waals surface area contributed by atoms with Gasteiger partial charge < -0.3 is 15.0 Å². The van der Waals surface area contributed by atoms with Gasteiger partial charge in [0, 0.05) is 25.6 Å². The Morgan fingerprint density at radius 1 is 1.20 bits per heavy atom. The number of aromatic nitrogens is 2. The molecule has 0 saturated carbocycles. The van der Waals surface area contributed by atoms with Gasteiger partial charge in [0.05, 0.1) is 24.9 Å². The molecule has 2 fully saturated rings. The zero-order valence-corrected chi connectivity index (χ0v) is 11.8. The zero-order chi connectivity index (χ0) is 13.4. The van der Waals surface area contributed by atoms with Crippen molar-refractivity contribution in [2.45, 2.75) is 31.7 Å². The molecule has 1 N–H and O–H groups in total. The Morgan fingerprint density at radius 3 is 2.85 bits per heavy atom. The quantitative estimate of drug-likeness (QED) is 0.879. The van der Waals surface area contributed by atoms with E-state index >= 15 is 0 Å². The van der Waals surface area contributed by atoms with Gasteiger partial charge in [0.15, 0.2) is 5.82 Å². The fraction of sp³-hybridized carbons (Fsp3) is 0.733. The maximum atomic E-state index is 5.17. The van der Waals surface area contributed by atoms with Gasteiger partial charge in [-0.2, -0.15) is 5.10 Å². The molecule has 108 valence electrons. The van der Waals surface area contributed by atoms with Crippen LogP contribution in [0.3, 0.4) is 0 Å². The summed E-state index contributed by atoms with van der Waals surface area (Å²) >= 11 is 0. The first-order valence-electron chi connectivity index (χ1n) is 7.80. The van der Waals surface area contributed by atoms with Crippen LogP contribution in [-0.4, -0.2) is 49.1 Å². The van der Waals surface area contributed by atoms with Crippen LogP contribution in [-0.2, 0) is 17.6 Å². The van der Waals surface area contributed by atoms with Crippen LogP contribution in [0.1, 0.15) is 24.1 Å². The van der Waals surface area contributed by atoms with Crippen LogP contribution in [0.5, 0.6) is 0 Å². The molecule has 0 atom stereocenters. The molecule has 4 rings (SSSR count). The maximum Gasteiger partial charge on any atom is 0.151 e. The lowest BCUT2D eigenvalue weighted by molar-refractivity contribution is -0.00690. The topological polar surface area (TPSA) is 50.3 Å². The summed E-state index contributed by atoms with van der Waals surface area (Å²) in [6.45, 7) is 5.07. The average molecular weight is 274 g/mol. The monoisotopic (exact) mass is 274 g/mol. The number of aryl methyl sites for hydroxylation is 2. The summed E-state index contributed by atoms with van der Waals surface area (Å²) in [5, 5.41) is 12.4. The van der Waals surface area contributed by atoms with Gasteiger partial charge >= 0.3 is 0 Å². The number of hydrogen-bond acceptors (Lipinski definition) is 5. The molecule has 3 heterocycles. The summed E-state index contributed by atoms with van der Waals surface area (Å²) in [6.07, 6.45) is 4.86. The molecule has 0 unspecified atom stereocenters. The Bertz CT molecular complexity index is 483. The van der Waals surface area contributed by atoms with Gasteiger partial charge in [0.1, 0.15) is 0 Å². The van der Waals surface area contributed by atoms with E-state index in [1.54, 1.807) is 0 Å². The minimum Gasteiger partial charge on any atom is -0.378 e. The van der Waals surface area contributed by atoms with E-state index in [1.807, 2.05) is 0 Å². The minimum atomic E-state index is 0.590. The highest BCUT2D eigenvalue weighted by atomic mass is 16.5. The van der Waals surface area contributed by atoms with Gasteiger partial charge in [-0.1, -0.05) is 0 Å². The van der Waals surface area contributed by atoms with Crippen LogP contribution in [0, 0.1) is 5.92 Å². The summed E-state index contributed by atoms with van der Waals surface area (Å²) in [7, 11) is 0. The lowest BCUT2D eigenvalue weighted by Crippen LogP contribution is -2.55. The van der Waals surface area contributed by atoms with Crippen molar-refractivity contribution >= 4 is 5.82 Å². The Kier molecular flexibility index (Phi) is 3.32. The summed E-state index contributed by atoms with van der Waals surface area (Å²) in [4.78, 5) is 2.35. The first kappa shape index (κ1) is 12.5. The van der Waals surface area contributed by atoms with E-state index in [1.165, 1.54) is 30.5 Å². The molecule has 0 radical (unpaired) electrons. The Balaban J connectivity index is 1.31. The van der Waals surface area contributed by atoms with Gasteiger partial charge in [-0.3, -0.25) is 0 Å². The van der Waals surface area contributed by atoms with Crippen molar-refractivity contribution in [2.75, 3.05) is 37.7 Å². The highest BCUT2D eigenvalue weighted by Gasteiger charge is 2.30. The third-order valence-electron chi connectivity index (χ3n) is 4.67. The summed E-state index contributed by atoms with van der Waals surface area (Å²) in [5.74, 6) is 1.82. The van der Waals surface area contributed by atoms with Crippen LogP contribution in [0.15, 0.2) is 6.07 Å². The molecule has 1 aliphatic carbocycles. The highest BCUT2D eigenvalue weighted by Crippen LogP contribution is 2.26. The smallest absolute Gasteiger partial charge is 0.151 e. The Hall–Kier alpha value is -1.20. The van der Waals surface area contributed by atoms with E-state index in [2.05, 4.69) is 26.5 Å². The number of nitrogens with zero attached hydrogens (tertiary/aromatic N) is 3. The largest absolute Gasteiger partial charge is 0.378 e. The number of nitrogens with one attached hydrogen (secondary N) is 1. The van der Waals surface area contributed by atoms with Crippen molar-refractivity contribution in [3.05, 3.63) is 17.3 Å². The molecular formula is C15H22N4O. The van der Waals surface area contributed by atoms with E-state index in [4.69, 9.17) is 4.74 Å². The number of fused-ring (bicyclic) bond motifs is 1. The highest BCUT2D eigenvalue weighted by molar-refractivity contribution is 5.44. The van der Waals surface area contributed by atoms with Crippen LogP contribution < -0.4 is 10.2 Å². The predicted molar refractivity (Wildman–Crippen MR) is 77.0 cm³/mol. The van der Waals surface area contributed by atoms with E-state index < -0.39 is 0 Å². The number of rotatable bonds is 4. The lowest BCUT2D eigenvalue weighted by atomic mass is 9.95. The van der Waals surface area contributed by atoms with E-state index in [-0.39, 0.29) is 0 Å². The first-order chi connectivity index (χ1) is 9.88. The molecule has 2 saturated heterocycles. The number of anilines is 1. The molecule has 0 amide bonds. The second-order valence-corrected chi connectivity index (χ2v) is 6.30. The van der Waals surface area contributed by atoms with E-state index in [0.717, 1.165) is 51.0 Å². The van der Waals surface area contributed by atoms with Crippen LogP contribution in [0.25, 0.3) is 0 Å². The third kappa shape index (κ3) is 2.40. The maximum absolute atomic E-state index is 5.17. The van der Waals surface area contributed by atoms with Crippen molar-refractivity contribution in [1.29, 1.82) is 0 Å². The normalized spacial score (nSPS) is 23.1. The number of hydrogen-bond donors (Lipinski definition) is 1. The second kappa shape index (κ2) is 5.30. The molecule has 1 aromatic heterocycles. The van der Waals surface area contributed by atoms with Crippen LogP contribution >= 0.6 is 0 Å². The molecule has 0 spiro atoms. The fourth-order valence-corrected chi connectivity index (χ4v) is 3.21. The first-order valence-corrected chi connectivity index (χ1v) is 7.80. The molecular weight excluding hydrogens is 252 g/mol. The van der Waals surface area contributed by atoms with E-state index in [0.29, 0.717) is 6.04 Å². The second-order valence-electron chi connectivity index (χ2n) is 6.30. The molecule has 2 aliphatic heterocycles. The van der Waals surface area contributed by atoms with Gasteiger partial charge in [0.25, 0.3) is 0 Å². The molecule has 3 aliphatic rings. The standard InChI is InChI=1S/C15H22N4O/c1-2-4-14-12(3-1)5-15(18-17-14)19-7-11(8-19)6-16-13-9-20-10-13/h5,11,13,16H,1-4,6-10H2. The molecule has 0 bridgehead atoms. The fourth-order valence-electron chi connectivity index (χ4n) is 3.21. The summed E-state index contributed by atoms with van der Waals surface area (Å²) in [5.41, 5.74) is 2.65. The predicted octanol–water partition coefficient (Wildman–Crippen LogP) is 0.780. The molecule has 1 aromatic rings. The molecule has 0 aromatic carbocycles. The van der Waals surface area contributed by atoms with Crippen LogP contribution in [0.4, 0.5) is 5.82 Å². The van der Waals surface area contributed by atoms with Gasteiger partial charge in [-0.15, -0.1) is 5.10 Å². The van der Waals surface area contributed by atoms with Crippen molar-refractivity contribution in [3.63, 3.8) is 0 Å². The van der Waals surface area contributed by atoms with Crippen molar-refractivity contribution in [3.8, 4) is 0 Å². The molecule has 20 heavy (non-hydrogen) atoms. The molecule has 5 nitrogen and oxygen atoms in total. The Morgan fingerprint density at radius 2 is 2.05 bits per heavy atom.